The summed E-state index contributed by atoms with van der Waals surface area (Å²) < 4.78 is 0.498. The highest BCUT2D eigenvalue weighted by molar-refractivity contribution is 9.10. The van der Waals surface area contributed by atoms with E-state index in [2.05, 4.69) is 30.9 Å². The summed E-state index contributed by atoms with van der Waals surface area (Å²) in [7, 11) is 0. The fourth-order valence-electron chi connectivity index (χ4n) is 1.01. The zero-order valence-electron chi connectivity index (χ0n) is 6.30. The van der Waals surface area contributed by atoms with Crippen LogP contribution in [-0.2, 0) is 0 Å². The molecule has 0 saturated heterocycles. The summed E-state index contributed by atoms with van der Waals surface area (Å²) in [5.74, 6) is 0. The zero-order valence-corrected chi connectivity index (χ0v) is 7.88. The van der Waals surface area contributed by atoms with Gasteiger partial charge in [0.05, 0.1) is 11.0 Å². The second kappa shape index (κ2) is 2.81. The Bertz CT molecular complexity index is 572. The molecule has 5 nitrogen and oxygen atoms in total. The van der Waals surface area contributed by atoms with Gasteiger partial charge in [-0.3, -0.25) is 9.59 Å². The lowest BCUT2D eigenvalue weighted by atomic mass is 10.4. The molecule has 2 N–H and O–H groups in total. The van der Waals surface area contributed by atoms with Crippen molar-refractivity contribution in [2.24, 2.45) is 0 Å². The van der Waals surface area contributed by atoms with Gasteiger partial charge in [-0.1, -0.05) is 0 Å². The maximum absolute atomic E-state index is 10.9. The van der Waals surface area contributed by atoms with Crippen LogP contribution in [-0.4, -0.2) is 15.0 Å². The molecule has 2 aromatic rings. The Morgan fingerprint density at radius 3 is 2.69 bits per heavy atom. The first-order valence-electron chi connectivity index (χ1n) is 3.45. The minimum Gasteiger partial charge on any atom is -0.316 e. The van der Waals surface area contributed by atoms with Crippen molar-refractivity contribution in [2.45, 2.75) is 0 Å². The van der Waals surface area contributed by atoms with Crippen LogP contribution >= 0.6 is 15.9 Å². The second-order valence-electron chi connectivity index (χ2n) is 2.43. The monoisotopic (exact) mass is 241 g/mol. The number of H-pyrrole nitrogens is 2. The molecule has 2 aromatic heterocycles. The van der Waals surface area contributed by atoms with Gasteiger partial charge >= 0.3 is 11.1 Å². The van der Waals surface area contributed by atoms with Gasteiger partial charge in [0, 0.05) is 6.20 Å². The number of aromatic nitrogens is 3. The number of hydrogen-bond acceptors (Lipinski definition) is 3. The van der Waals surface area contributed by atoms with Crippen molar-refractivity contribution in [3.05, 3.63) is 37.6 Å². The van der Waals surface area contributed by atoms with E-state index in [1.807, 2.05) is 0 Å². The van der Waals surface area contributed by atoms with Crippen LogP contribution in [0.5, 0.6) is 0 Å². The molecule has 0 aliphatic heterocycles. The van der Waals surface area contributed by atoms with Gasteiger partial charge in [-0.25, -0.2) is 4.98 Å². The molecule has 0 radical (unpaired) electrons. The number of pyridine rings is 1. The van der Waals surface area contributed by atoms with Gasteiger partial charge in [0.15, 0.2) is 0 Å². The number of nitrogens with one attached hydrogen (secondary N) is 2. The third kappa shape index (κ3) is 1.29. The van der Waals surface area contributed by atoms with Gasteiger partial charge in [0.25, 0.3) is 0 Å². The molecular formula is C7H4BrN3O2. The summed E-state index contributed by atoms with van der Waals surface area (Å²) in [6.07, 6.45) is 1.53. The van der Waals surface area contributed by atoms with E-state index in [-0.39, 0.29) is 0 Å². The Morgan fingerprint density at radius 2 is 1.92 bits per heavy atom. The van der Waals surface area contributed by atoms with Crippen LogP contribution in [0.15, 0.2) is 26.5 Å². The molecule has 66 valence electrons. The van der Waals surface area contributed by atoms with E-state index >= 15 is 0 Å². The van der Waals surface area contributed by atoms with Crippen LogP contribution in [0.4, 0.5) is 0 Å². The minimum atomic E-state index is -0.679. The van der Waals surface area contributed by atoms with E-state index in [1.165, 1.54) is 6.20 Å². The number of rotatable bonds is 0. The number of hydrogen-bond donors (Lipinski definition) is 2. The molecule has 0 aliphatic rings. The highest BCUT2D eigenvalue weighted by Gasteiger charge is 2.02. The smallest absolute Gasteiger partial charge is 0.314 e. The van der Waals surface area contributed by atoms with Crippen LogP contribution in [0.2, 0.25) is 0 Å². The Balaban J connectivity index is 3.06. The molecule has 0 aliphatic carbocycles. The second-order valence-corrected chi connectivity index (χ2v) is 3.18. The first-order chi connectivity index (χ1) is 6.18. The van der Waals surface area contributed by atoms with Crippen molar-refractivity contribution in [3.8, 4) is 0 Å². The first-order valence-corrected chi connectivity index (χ1v) is 4.24. The lowest BCUT2D eigenvalue weighted by molar-refractivity contribution is 1.12. The fourth-order valence-corrected chi connectivity index (χ4v) is 1.44. The standard InChI is InChI=1S/C7H4BrN3O2/c8-5-4-3(1-2-9-5)10-6(12)7(13)11-4/h1-2H,(H,10,12)(H,11,13). The van der Waals surface area contributed by atoms with E-state index in [0.717, 1.165) is 0 Å². The molecular weight excluding hydrogens is 238 g/mol. The van der Waals surface area contributed by atoms with Gasteiger partial charge in [-0.05, 0) is 22.0 Å². The molecule has 0 bridgehead atoms. The lowest BCUT2D eigenvalue weighted by Gasteiger charge is -1.96. The van der Waals surface area contributed by atoms with Crippen molar-refractivity contribution in [1.29, 1.82) is 0 Å². The average Bonchev–Trinajstić information content (AvgIpc) is 2.09. The molecule has 0 atom stereocenters. The summed E-state index contributed by atoms with van der Waals surface area (Å²) in [6.45, 7) is 0. The average molecular weight is 242 g/mol. The van der Waals surface area contributed by atoms with Crippen molar-refractivity contribution >= 4 is 27.0 Å². The van der Waals surface area contributed by atoms with Crippen LogP contribution in [0.1, 0.15) is 0 Å². The quantitative estimate of drug-likeness (QED) is 0.517. The number of nitrogens with zero attached hydrogens (tertiary/aromatic N) is 1. The van der Waals surface area contributed by atoms with E-state index in [9.17, 15) is 9.59 Å². The fraction of sp³-hybridized carbons (Fsp3) is 0. The van der Waals surface area contributed by atoms with Crippen LogP contribution in [0.3, 0.4) is 0 Å². The Morgan fingerprint density at radius 1 is 1.23 bits per heavy atom. The number of halogens is 1. The lowest BCUT2D eigenvalue weighted by Crippen LogP contribution is -2.29. The summed E-state index contributed by atoms with van der Waals surface area (Å²) in [4.78, 5) is 30.6. The molecule has 0 spiro atoms. The number of aromatic amines is 2. The summed E-state index contributed by atoms with van der Waals surface area (Å²) in [6, 6.07) is 1.61. The molecule has 0 saturated carbocycles. The van der Waals surface area contributed by atoms with Gasteiger partial charge < -0.3 is 9.97 Å². The maximum atomic E-state index is 10.9. The molecule has 13 heavy (non-hydrogen) atoms. The van der Waals surface area contributed by atoms with Gasteiger partial charge in [-0.15, -0.1) is 0 Å². The van der Waals surface area contributed by atoms with Crippen LogP contribution < -0.4 is 11.1 Å². The minimum absolute atomic E-state index is 0.493. The predicted molar refractivity (Wildman–Crippen MR) is 50.7 cm³/mol. The van der Waals surface area contributed by atoms with Crippen molar-refractivity contribution < 1.29 is 0 Å². The van der Waals surface area contributed by atoms with Crippen LogP contribution in [0.25, 0.3) is 11.0 Å². The largest absolute Gasteiger partial charge is 0.316 e. The normalized spacial score (nSPS) is 10.5. The maximum Gasteiger partial charge on any atom is 0.314 e. The molecule has 0 fully saturated rings. The highest BCUT2D eigenvalue weighted by atomic mass is 79.9. The van der Waals surface area contributed by atoms with E-state index in [0.29, 0.717) is 15.6 Å². The van der Waals surface area contributed by atoms with Crippen molar-refractivity contribution in [3.63, 3.8) is 0 Å². The predicted octanol–water partition coefficient (Wildman–Crippen LogP) is 0.374. The SMILES string of the molecule is O=c1[nH]c2ccnc(Br)c2[nH]c1=O. The Hall–Kier alpha value is -1.43. The first kappa shape index (κ1) is 8.18. The van der Waals surface area contributed by atoms with Crippen molar-refractivity contribution in [2.75, 3.05) is 0 Å². The zero-order chi connectivity index (χ0) is 9.42. The Labute approximate surface area is 80.0 Å². The van der Waals surface area contributed by atoms with E-state index in [4.69, 9.17) is 0 Å². The summed E-state index contributed by atoms with van der Waals surface area (Å²) in [5.41, 5.74) is -0.301. The highest BCUT2D eigenvalue weighted by Crippen LogP contribution is 2.14. The molecule has 0 aromatic carbocycles. The molecule has 6 heteroatoms. The van der Waals surface area contributed by atoms with Gasteiger partial charge in [0.1, 0.15) is 4.60 Å². The van der Waals surface area contributed by atoms with Gasteiger partial charge in [-0.2, -0.15) is 0 Å². The molecule has 2 heterocycles. The number of fused-ring (bicyclic) bond motifs is 1. The molecule has 0 amide bonds. The van der Waals surface area contributed by atoms with E-state index in [1.54, 1.807) is 6.07 Å². The van der Waals surface area contributed by atoms with E-state index < -0.39 is 11.1 Å². The Kier molecular flexibility index (Phi) is 1.77. The molecule has 2 rings (SSSR count). The summed E-state index contributed by atoms with van der Waals surface area (Å²) >= 11 is 3.15. The molecule has 0 unspecified atom stereocenters. The van der Waals surface area contributed by atoms with Crippen molar-refractivity contribution in [1.82, 2.24) is 15.0 Å². The van der Waals surface area contributed by atoms with Crippen LogP contribution in [0, 0.1) is 0 Å². The van der Waals surface area contributed by atoms with Gasteiger partial charge in [0.2, 0.25) is 0 Å². The third-order valence-corrected chi connectivity index (χ3v) is 2.20. The third-order valence-electron chi connectivity index (χ3n) is 1.60. The topological polar surface area (TPSA) is 78.6 Å². The summed E-state index contributed by atoms with van der Waals surface area (Å²) in [5, 5.41) is 0.